The summed E-state index contributed by atoms with van der Waals surface area (Å²) in [6.45, 7) is 17.0. The summed E-state index contributed by atoms with van der Waals surface area (Å²) >= 11 is 0. The number of methoxy groups -OCH3 is 1. The fourth-order valence-corrected chi connectivity index (χ4v) is 3.17. The second-order valence-electron chi connectivity index (χ2n) is 5.54. The van der Waals surface area contributed by atoms with Gasteiger partial charge in [-0.2, -0.15) is 0 Å². The molecule has 0 spiro atoms. The van der Waals surface area contributed by atoms with Crippen molar-refractivity contribution in [2.24, 2.45) is 0 Å². The third-order valence-corrected chi connectivity index (χ3v) is 4.54. The van der Waals surface area contributed by atoms with Crippen molar-refractivity contribution in [3.63, 3.8) is 0 Å². The third-order valence-electron chi connectivity index (χ3n) is 4.54. The molecule has 2 heterocycles. The molecule has 4 heteroatoms. The minimum atomic E-state index is 0.836. The monoisotopic (exact) mass is 285 g/mol. The van der Waals surface area contributed by atoms with E-state index in [4.69, 9.17) is 4.74 Å². The summed E-state index contributed by atoms with van der Waals surface area (Å²) < 4.78 is 5.15. The van der Waals surface area contributed by atoms with Crippen LogP contribution in [0.1, 0.15) is 33.6 Å². The van der Waals surface area contributed by atoms with E-state index in [1.54, 1.807) is 7.11 Å². The van der Waals surface area contributed by atoms with Gasteiger partial charge in [0.15, 0.2) is 0 Å². The minimum Gasteiger partial charge on any atom is -0.383 e. The topological polar surface area (TPSA) is 19.0 Å². The van der Waals surface area contributed by atoms with Gasteiger partial charge in [-0.3, -0.25) is 4.90 Å². The molecule has 0 atom stereocenters. The first kappa shape index (κ1) is 17.9. The van der Waals surface area contributed by atoms with Crippen LogP contribution in [0.5, 0.6) is 0 Å². The molecule has 0 aliphatic carbocycles. The number of likely N-dealkylation sites (N-methyl/N-ethyl adjacent to an activating group) is 1. The van der Waals surface area contributed by atoms with Crippen molar-refractivity contribution in [2.75, 3.05) is 66.1 Å². The van der Waals surface area contributed by atoms with Crippen LogP contribution in [0.25, 0.3) is 0 Å². The van der Waals surface area contributed by atoms with Gasteiger partial charge < -0.3 is 14.5 Å². The van der Waals surface area contributed by atoms with Gasteiger partial charge in [-0.1, -0.05) is 20.8 Å². The maximum Gasteiger partial charge on any atom is 0.0589 e. The lowest BCUT2D eigenvalue weighted by Gasteiger charge is -2.42. The average molecular weight is 285 g/mol. The molecule has 0 amide bonds. The first-order chi connectivity index (χ1) is 9.83. The molecular weight excluding hydrogens is 250 g/mol. The fourth-order valence-electron chi connectivity index (χ4n) is 3.17. The Labute approximate surface area is 126 Å². The summed E-state index contributed by atoms with van der Waals surface area (Å²) in [4.78, 5) is 7.83. The first-order valence-electron chi connectivity index (χ1n) is 8.51. The molecule has 0 N–H and O–H groups in total. The predicted octanol–water partition coefficient (Wildman–Crippen LogP) is 1.76. The van der Waals surface area contributed by atoms with Crippen LogP contribution in [0.3, 0.4) is 0 Å². The van der Waals surface area contributed by atoms with Gasteiger partial charge in [0.2, 0.25) is 0 Å². The van der Waals surface area contributed by atoms with Crippen molar-refractivity contribution in [3.05, 3.63) is 0 Å². The Morgan fingerprint density at radius 1 is 0.900 bits per heavy atom. The Hall–Kier alpha value is -0.160. The number of hydrogen-bond donors (Lipinski definition) is 0. The molecular formula is C16H35N3O. The van der Waals surface area contributed by atoms with Crippen molar-refractivity contribution in [3.8, 4) is 0 Å². The summed E-state index contributed by atoms with van der Waals surface area (Å²) in [6.07, 6.45) is 2.69. The number of ether oxygens (including phenoxy) is 1. The number of piperazine rings is 1. The Morgan fingerprint density at radius 3 is 2.00 bits per heavy atom. The van der Waals surface area contributed by atoms with Gasteiger partial charge in [0.25, 0.3) is 0 Å². The van der Waals surface area contributed by atoms with Crippen LogP contribution in [0.2, 0.25) is 0 Å². The number of rotatable bonds is 5. The molecule has 20 heavy (non-hydrogen) atoms. The Bertz CT molecular complexity index is 222. The summed E-state index contributed by atoms with van der Waals surface area (Å²) in [7, 11) is 1.79. The molecule has 2 rings (SSSR count). The molecule has 0 radical (unpaired) electrons. The summed E-state index contributed by atoms with van der Waals surface area (Å²) in [5, 5.41) is 0. The molecule has 0 unspecified atom stereocenters. The smallest absolute Gasteiger partial charge is 0.0589 e. The van der Waals surface area contributed by atoms with Crippen molar-refractivity contribution in [2.45, 2.75) is 39.7 Å². The van der Waals surface area contributed by atoms with Gasteiger partial charge >= 0.3 is 0 Å². The van der Waals surface area contributed by atoms with Crippen LogP contribution in [0.15, 0.2) is 0 Å². The highest BCUT2D eigenvalue weighted by Gasteiger charge is 2.26. The maximum atomic E-state index is 5.15. The highest BCUT2D eigenvalue weighted by molar-refractivity contribution is 4.83. The second kappa shape index (κ2) is 10.6. The largest absolute Gasteiger partial charge is 0.383 e. The molecule has 0 bridgehead atoms. The molecule has 4 nitrogen and oxygen atoms in total. The molecule has 0 aromatic rings. The summed E-state index contributed by atoms with van der Waals surface area (Å²) in [5.41, 5.74) is 0. The van der Waals surface area contributed by atoms with E-state index in [9.17, 15) is 0 Å². The first-order valence-corrected chi connectivity index (χ1v) is 8.51. The number of nitrogens with zero attached hydrogens (tertiary/aromatic N) is 3. The minimum absolute atomic E-state index is 0.836. The lowest BCUT2D eigenvalue weighted by atomic mass is 10.0. The molecule has 120 valence electrons. The van der Waals surface area contributed by atoms with Gasteiger partial charge in [-0.15, -0.1) is 0 Å². The number of hydrogen-bond acceptors (Lipinski definition) is 4. The van der Waals surface area contributed by atoms with E-state index in [0.717, 1.165) is 19.2 Å². The van der Waals surface area contributed by atoms with Crippen LogP contribution in [0.4, 0.5) is 0 Å². The molecule has 2 aliphatic rings. The highest BCUT2D eigenvalue weighted by atomic mass is 16.5. The van der Waals surface area contributed by atoms with E-state index >= 15 is 0 Å². The molecule has 2 aliphatic heterocycles. The normalized spacial score (nSPS) is 23.4. The van der Waals surface area contributed by atoms with E-state index in [2.05, 4.69) is 21.6 Å². The van der Waals surface area contributed by atoms with Crippen LogP contribution in [-0.4, -0.2) is 86.8 Å². The van der Waals surface area contributed by atoms with Crippen molar-refractivity contribution in [1.82, 2.24) is 14.7 Å². The van der Waals surface area contributed by atoms with Crippen LogP contribution in [-0.2, 0) is 4.74 Å². The zero-order chi connectivity index (χ0) is 14.8. The van der Waals surface area contributed by atoms with E-state index in [0.29, 0.717) is 0 Å². The quantitative estimate of drug-likeness (QED) is 0.766. The zero-order valence-electron chi connectivity index (χ0n) is 14.1. The number of likely N-dealkylation sites (tertiary alicyclic amines) is 1. The van der Waals surface area contributed by atoms with E-state index in [1.165, 1.54) is 58.7 Å². The molecule has 2 saturated heterocycles. The molecule has 0 saturated carbocycles. The zero-order valence-corrected chi connectivity index (χ0v) is 14.1. The predicted molar refractivity (Wildman–Crippen MR) is 86.4 cm³/mol. The van der Waals surface area contributed by atoms with Gasteiger partial charge in [0.1, 0.15) is 0 Å². The van der Waals surface area contributed by atoms with Gasteiger partial charge in [-0.05, 0) is 32.5 Å². The maximum absolute atomic E-state index is 5.15. The van der Waals surface area contributed by atoms with E-state index in [-0.39, 0.29) is 0 Å². The summed E-state index contributed by atoms with van der Waals surface area (Å²) in [6, 6.07) is 0.836. The van der Waals surface area contributed by atoms with Crippen molar-refractivity contribution < 1.29 is 4.74 Å². The van der Waals surface area contributed by atoms with Crippen molar-refractivity contribution >= 4 is 0 Å². The number of piperidine rings is 1. The SMILES string of the molecule is CC.CCN1CCN(C2CCN(CCOC)CC2)CC1. The van der Waals surface area contributed by atoms with Gasteiger partial charge in [0.05, 0.1) is 6.61 Å². The van der Waals surface area contributed by atoms with E-state index in [1.807, 2.05) is 13.8 Å². The van der Waals surface area contributed by atoms with Crippen LogP contribution < -0.4 is 0 Å². The lowest BCUT2D eigenvalue weighted by molar-refractivity contribution is 0.0534. The Kier molecular flexibility index (Phi) is 9.44. The average Bonchev–Trinajstić information content (AvgIpc) is 2.55. The Morgan fingerprint density at radius 2 is 1.50 bits per heavy atom. The van der Waals surface area contributed by atoms with Crippen LogP contribution >= 0.6 is 0 Å². The fraction of sp³-hybridized carbons (Fsp3) is 1.00. The van der Waals surface area contributed by atoms with Crippen LogP contribution in [0, 0.1) is 0 Å². The van der Waals surface area contributed by atoms with Gasteiger partial charge in [0, 0.05) is 45.9 Å². The second-order valence-corrected chi connectivity index (χ2v) is 5.54. The van der Waals surface area contributed by atoms with Gasteiger partial charge in [-0.25, -0.2) is 0 Å². The molecule has 0 aromatic heterocycles. The van der Waals surface area contributed by atoms with E-state index < -0.39 is 0 Å². The lowest BCUT2D eigenvalue weighted by Crippen LogP contribution is -2.53. The highest BCUT2D eigenvalue weighted by Crippen LogP contribution is 2.18. The summed E-state index contributed by atoms with van der Waals surface area (Å²) in [5.74, 6) is 0. The molecule has 2 fully saturated rings. The molecule has 0 aromatic carbocycles. The Balaban J connectivity index is 0.000000956. The standard InChI is InChI=1S/C14H29N3O.C2H6/c1-3-15-8-10-17(11-9-15)14-4-6-16(7-5-14)12-13-18-2;1-2/h14H,3-13H2,1-2H3;1-2H3. The van der Waals surface area contributed by atoms with Crippen molar-refractivity contribution in [1.29, 1.82) is 0 Å². The third kappa shape index (κ3) is 5.68.